The monoisotopic (exact) mass is 685 g/mol. The lowest BCUT2D eigenvalue weighted by atomic mass is 10.0. The Morgan fingerprint density at radius 3 is 1.78 bits per heavy atom. The van der Waals surface area contributed by atoms with E-state index < -0.39 is 24.0 Å². The second kappa shape index (κ2) is 35.7. The highest BCUT2D eigenvalue weighted by Crippen LogP contribution is 2.15. The van der Waals surface area contributed by atoms with Crippen molar-refractivity contribution in [2.24, 2.45) is 11.5 Å². The van der Waals surface area contributed by atoms with E-state index in [2.05, 4.69) is 48.7 Å². The molecule has 0 heterocycles. The first kappa shape index (κ1) is 46.0. The Morgan fingerprint density at radius 1 is 0.783 bits per heavy atom. The van der Waals surface area contributed by atoms with Crippen molar-refractivity contribution in [1.29, 1.82) is 0 Å². The molecule has 1 aliphatic carbocycles. The van der Waals surface area contributed by atoms with Gasteiger partial charge in [-0.1, -0.05) is 62.6 Å². The van der Waals surface area contributed by atoms with Crippen LogP contribution >= 0.6 is 12.8 Å². The van der Waals surface area contributed by atoms with Crippen molar-refractivity contribution in [3.05, 3.63) is 0 Å². The van der Waals surface area contributed by atoms with Crippen LogP contribution in [-0.4, -0.2) is 108 Å². The first-order chi connectivity index (χ1) is 22.2. The molecule has 1 saturated carbocycles. The van der Waals surface area contributed by atoms with Crippen molar-refractivity contribution in [2.75, 3.05) is 66.8 Å². The van der Waals surface area contributed by atoms with Crippen molar-refractivity contribution in [1.82, 2.24) is 26.5 Å². The lowest BCUT2D eigenvalue weighted by Gasteiger charge is -2.16. The normalized spacial score (nSPS) is 13.6. The number of nitrogens with two attached hydrogens (primary N) is 2. The Hall–Kier alpha value is -2.13. The Balaban J connectivity index is 0. The average Bonchev–Trinajstić information content (AvgIpc) is 3.04. The number of rotatable bonds is 25. The summed E-state index contributed by atoms with van der Waals surface area (Å²) in [7, 11) is 2.87. The topological polar surface area (TPSA) is 247 Å². The highest BCUT2D eigenvalue weighted by atomic mass is 32.1. The number of unbranched alkanes of at least 4 members (excludes halogenated alkanes) is 2. The Bertz CT molecular complexity index is 744. The fraction of sp³-hybridized carbons (Fsp3) is 0.857. The lowest BCUT2D eigenvalue weighted by Crippen LogP contribution is -2.41. The van der Waals surface area contributed by atoms with Crippen LogP contribution < -0.4 is 37.9 Å². The minimum absolute atomic E-state index is 0.0139. The molecule has 1 fully saturated rings. The number of amides is 2. The zero-order chi connectivity index (χ0) is 34.7. The van der Waals surface area contributed by atoms with Crippen LogP contribution in [0.25, 0.3) is 0 Å². The van der Waals surface area contributed by atoms with E-state index in [-0.39, 0.29) is 38.2 Å². The van der Waals surface area contributed by atoms with E-state index in [1.54, 1.807) is 0 Å². The van der Waals surface area contributed by atoms with Gasteiger partial charge in [-0.2, -0.15) is 5.48 Å². The number of carboxylic acids is 1. The molecular weight excluding hydrogens is 626 g/mol. The average molecular weight is 686 g/mol. The summed E-state index contributed by atoms with van der Waals surface area (Å²) in [5.74, 6) is -1.98. The summed E-state index contributed by atoms with van der Waals surface area (Å²) in [4.78, 5) is 61.5. The standard InChI is InChI=1S/C16H33N5O8S.C6H14N2O2.C6H12/c1-25-11-14(22)17-7-9-27-19-6-4-3-5-13(16(24)29-21-30)20-28-10-8-18-15(23)12-26-2;7-4-2-1-3-5(8)6(9)10;1-2-4-6-5-3-1/h13,19-21,30H,3-12H2,1-2H3,(H,17,22)(H,18,23);5H,1-4,7-8H2,(H,9,10);1-6H2. The molecule has 0 aromatic heterocycles. The number of thiol groups is 1. The van der Waals surface area contributed by atoms with Crippen molar-refractivity contribution in [2.45, 2.75) is 89.1 Å². The van der Waals surface area contributed by atoms with Crippen LogP contribution in [0.15, 0.2) is 0 Å². The number of carboxylic acid groups (broad SMARTS) is 1. The van der Waals surface area contributed by atoms with Gasteiger partial charge in [-0.25, -0.2) is 10.3 Å². The number of hydroxylamine groups is 2. The van der Waals surface area contributed by atoms with Gasteiger partial charge in [0.15, 0.2) is 0 Å². The van der Waals surface area contributed by atoms with Gasteiger partial charge < -0.3 is 41.5 Å². The third kappa shape index (κ3) is 33.2. The summed E-state index contributed by atoms with van der Waals surface area (Å²) in [5.41, 5.74) is 15.8. The van der Waals surface area contributed by atoms with Gasteiger partial charge in [0.1, 0.15) is 25.3 Å². The summed E-state index contributed by atoms with van der Waals surface area (Å²) in [6.45, 7) is 2.24. The van der Waals surface area contributed by atoms with Crippen LogP contribution in [0.2, 0.25) is 0 Å². The number of aliphatic carboxylic acids is 1. The highest BCUT2D eigenvalue weighted by molar-refractivity contribution is 7.77. The smallest absolute Gasteiger partial charge is 0.344 e. The largest absolute Gasteiger partial charge is 0.480 e. The predicted molar refractivity (Wildman–Crippen MR) is 175 cm³/mol. The minimum atomic E-state index is -0.933. The van der Waals surface area contributed by atoms with Crippen LogP contribution in [0.4, 0.5) is 0 Å². The molecule has 18 heteroatoms. The zero-order valence-electron chi connectivity index (χ0n) is 27.5. The van der Waals surface area contributed by atoms with Crippen LogP contribution in [0.1, 0.15) is 77.0 Å². The molecule has 2 amide bonds. The van der Waals surface area contributed by atoms with Gasteiger partial charge >= 0.3 is 11.9 Å². The summed E-state index contributed by atoms with van der Waals surface area (Å²) in [6.07, 6.45) is 13.0. The van der Waals surface area contributed by atoms with Crippen LogP contribution in [0.3, 0.4) is 0 Å². The molecule has 1 rings (SSSR count). The summed E-state index contributed by atoms with van der Waals surface area (Å²) in [5, 5.41) is 13.5. The van der Waals surface area contributed by atoms with Crippen molar-refractivity contribution in [3.8, 4) is 0 Å². The maximum absolute atomic E-state index is 11.9. The molecule has 1 aliphatic rings. The Labute approximate surface area is 278 Å². The van der Waals surface area contributed by atoms with Gasteiger partial charge in [-0.05, 0) is 38.6 Å². The molecule has 0 aromatic rings. The third-order valence-corrected chi connectivity index (χ3v) is 6.26. The van der Waals surface area contributed by atoms with Crippen LogP contribution in [0, 0.1) is 0 Å². The first-order valence-electron chi connectivity index (χ1n) is 15.7. The fourth-order valence-electron chi connectivity index (χ4n) is 3.73. The molecule has 0 radical (unpaired) electrons. The molecule has 0 spiro atoms. The Kier molecular flexibility index (Phi) is 35.7. The summed E-state index contributed by atoms with van der Waals surface area (Å²) >= 11 is 3.63. The van der Waals surface area contributed by atoms with Crippen molar-refractivity contribution < 1.29 is 48.3 Å². The molecular formula is C28H59N7O10S. The van der Waals surface area contributed by atoms with Crippen LogP contribution in [-0.2, 0) is 43.2 Å². The quantitative estimate of drug-likeness (QED) is 0.0345. The van der Waals surface area contributed by atoms with Gasteiger partial charge in [0.25, 0.3) is 0 Å². The molecule has 2 unspecified atom stereocenters. The molecule has 10 N–H and O–H groups in total. The lowest BCUT2D eigenvalue weighted by molar-refractivity contribution is -0.154. The highest BCUT2D eigenvalue weighted by Gasteiger charge is 2.20. The van der Waals surface area contributed by atoms with Gasteiger partial charge in [0, 0.05) is 33.9 Å². The Morgan fingerprint density at radius 2 is 1.30 bits per heavy atom. The van der Waals surface area contributed by atoms with E-state index in [1.165, 1.54) is 52.7 Å². The zero-order valence-corrected chi connectivity index (χ0v) is 28.4. The SMILES string of the molecule is C1CCCCC1.COCC(=O)NCCONCCCCC(NOCCNC(=O)COC)C(=O)ONS.NCCCCC(N)C(=O)O. The van der Waals surface area contributed by atoms with Gasteiger partial charge in [0.2, 0.25) is 11.8 Å². The van der Waals surface area contributed by atoms with Crippen molar-refractivity contribution >= 4 is 36.6 Å². The first-order valence-corrected chi connectivity index (χ1v) is 16.2. The predicted octanol–water partition coefficient (Wildman–Crippen LogP) is -0.147. The molecule has 46 heavy (non-hydrogen) atoms. The minimum Gasteiger partial charge on any atom is -0.480 e. The van der Waals surface area contributed by atoms with E-state index in [1.807, 2.05) is 4.89 Å². The third-order valence-electron chi connectivity index (χ3n) is 6.17. The number of ether oxygens (including phenoxy) is 2. The molecule has 0 aliphatic heterocycles. The summed E-state index contributed by atoms with van der Waals surface area (Å²) < 4.78 is 9.38. The van der Waals surface area contributed by atoms with E-state index in [0.29, 0.717) is 45.5 Å². The molecule has 17 nitrogen and oxygen atoms in total. The molecule has 2 atom stereocenters. The van der Waals surface area contributed by atoms with E-state index in [9.17, 15) is 19.2 Å². The van der Waals surface area contributed by atoms with E-state index in [0.717, 1.165) is 19.3 Å². The van der Waals surface area contributed by atoms with Crippen LogP contribution in [0.5, 0.6) is 0 Å². The number of carbonyl (C=O) groups is 4. The van der Waals surface area contributed by atoms with Gasteiger partial charge in [-0.15, -0.1) is 0 Å². The van der Waals surface area contributed by atoms with E-state index >= 15 is 0 Å². The molecule has 0 aromatic carbocycles. The molecule has 0 bridgehead atoms. The molecule has 0 saturated heterocycles. The van der Waals surface area contributed by atoms with Crippen molar-refractivity contribution in [3.63, 3.8) is 0 Å². The number of nitrogens with one attached hydrogen (secondary N) is 5. The molecule has 272 valence electrons. The van der Waals surface area contributed by atoms with Gasteiger partial charge in [-0.3, -0.25) is 24.1 Å². The number of hydrogen-bond donors (Lipinski definition) is 9. The second-order valence-electron chi connectivity index (χ2n) is 10.2. The number of hydrogen-bond acceptors (Lipinski definition) is 15. The van der Waals surface area contributed by atoms with Gasteiger partial charge in [0.05, 0.1) is 13.2 Å². The summed E-state index contributed by atoms with van der Waals surface area (Å²) in [6, 6.07) is -1.43. The van der Waals surface area contributed by atoms with E-state index in [4.69, 9.17) is 26.2 Å². The fourth-order valence-corrected chi connectivity index (χ4v) is 3.82. The second-order valence-corrected chi connectivity index (χ2v) is 10.4. The number of methoxy groups -OCH3 is 2. The maximum atomic E-state index is 11.9. The maximum Gasteiger partial charge on any atom is 0.344 e. The number of carbonyl (C=O) groups excluding carboxylic acids is 3.